The second-order valence-electron chi connectivity index (χ2n) is 6.57. The number of hydrogen-bond acceptors (Lipinski definition) is 5. The molecule has 1 fully saturated rings. The fraction of sp³-hybridized carbons (Fsp3) is 0.316. The highest BCUT2D eigenvalue weighted by atomic mass is 32.1. The standard InChI is InChI=1S/C19H21N5OS/c1-23-10-8-20-18(23)15-7-9-24(11-15)12-17(25)22-19-21-16(13-26-19)14-5-3-2-4-6-14/h2-6,8,10,13,15H,7,9,11-12H2,1H3,(H,21,22,25). The van der Waals surface area contributed by atoms with Crippen LogP contribution in [-0.2, 0) is 11.8 Å². The Balaban J connectivity index is 1.32. The predicted molar refractivity (Wildman–Crippen MR) is 103 cm³/mol. The number of hydrogen-bond donors (Lipinski definition) is 1. The monoisotopic (exact) mass is 367 g/mol. The Labute approximate surface area is 156 Å². The molecule has 134 valence electrons. The van der Waals surface area contributed by atoms with Crippen LogP contribution in [0.25, 0.3) is 11.3 Å². The summed E-state index contributed by atoms with van der Waals surface area (Å²) < 4.78 is 2.06. The molecular formula is C19H21N5OS. The summed E-state index contributed by atoms with van der Waals surface area (Å²) in [6.45, 7) is 2.17. The van der Waals surface area contributed by atoms with Gasteiger partial charge in [0.1, 0.15) is 5.82 Å². The van der Waals surface area contributed by atoms with E-state index in [1.807, 2.05) is 55.2 Å². The Hall–Kier alpha value is -2.51. The first-order valence-corrected chi connectivity index (χ1v) is 9.57. The van der Waals surface area contributed by atoms with E-state index in [9.17, 15) is 4.79 Å². The first-order valence-electron chi connectivity index (χ1n) is 8.69. The summed E-state index contributed by atoms with van der Waals surface area (Å²) in [5.41, 5.74) is 1.95. The summed E-state index contributed by atoms with van der Waals surface area (Å²) >= 11 is 1.46. The Bertz CT molecular complexity index is 888. The van der Waals surface area contributed by atoms with E-state index in [4.69, 9.17) is 0 Å². The van der Waals surface area contributed by atoms with Crippen LogP contribution >= 0.6 is 11.3 Å². The van der Waals surface area contributed by atoms with Crippen LogP contribution in [0.2, 0.25) is 0 Å². The van der Waals surface area contributed by atoms with Crippen LogP contribution in [0.15, 0.2) is 48.1 Å². The molecule has 0 aliphatic carbocycles. The first-order chi connectivity index (χ1) is 12.7. The zero-order chi connectivity index (χ0) is 17.9. The van der Waals surface area contributed by atoms with Crippen molar-refractivity contribution in [3.8, 4) is 11.3 Å². The van der Waals surface area contributed by atoms with Gasteiger partial charge in [-0.3, -0.25) is 9.69 Å². The molecule has 6 nitrogen and oxygen atoms in total. The van der Waals surface area contributed by atoms with Crippen molar-refractivity contribution in [2.75, 3.05) is 25.0 Å². The molecule has 1 N–H and O–H groups in total. The number of thiazole rings is 1. The van der Waals surface area contributed by atoms with Crippen molar-refractivity contribution in [3.05, 3.63) is 53.9 Å². The molecule has 7 heteroatoms. The van der Waals surface area contributed by atoms with E-state index in [0.717, 1.165) is 36.6 Å². The Kier molecular flexibility index (Phi) is 4.81. The maximum Gasteiger partial charge on any atom is 0.240 e. The van der Waals surface area contributed by atoms with E-state index in [-0.39, 0.29) is 5.91 Å². The van der Waals surface area contributed by atoms with Crippen LogP contribution in [-0.4, -0.2) is 45.0 Å². The lowest BCUT2D eigenvalue weighted by Crippen LogP contribution is -2.31. The Morgan fingerprint density at radius 2 is 2.19 bits per heavy atom. The number of aryl methyl sites for hydroxylation is 1. The molecule has 3 heterocycles. The number of rotatable bonds is 5. The first kappa shape index (κ1) is 16.9. The van der Waals surface area contributed by atoms with Gasteiger partial charge in [-0.05, 0) is 13.0 Å². The Morgan fingerprint density at radius 1 is 1.35 bits per heavy atom. The van der Waals surface area contributed by atoms with Gasteiger partial charge in [0.05, 0.1) is 12.2 Å². The van der Waals surface area contributed by atoms with Gasteiger partial charge < -0.3 is 9.88 Å². The van der Waals surface area contributed by atoms with E-state index in [1.54, 1.807) is 0 Å². The molecule has 4 rings (SSSR count). The van der Waals surface area contributed by atoms with Crippen molar-refractivity contribution in [2.45, 2.75) is 12.3 Å². The van der Waals surface area contributed by atoms with Crippen molar-refractivity contribution in [2.24, 2.45) is 7.05 Å². The number of anilines is 1. The summed E-state index contributed by atoms with van der Waals surface area (Å²) in [7, 11) is 2.02. The van der Waals surface area contributed by atoms with Crippen molar-refractivity contribution in [1.29, 1.82) is 0 Å². The molecule has 1 unspecified atom stereocenters. The quantitative estimate of drug-likeness (QED) is 0.753. The number of likely N-dealkylation sites (tertiary alicyclic amines) is 1. The van der Waals surface area contributed by atoms with Gasteiger partial charge in [-0.15, -0.1) is 11.3 Å². The van der Waals surface area contributed by atoms with E-state index in [0.29, 0.717) is 17.6 Å². The number of benzene rings is 1. The molecule has 1 atom stereocenters. The topological polar surface area (TPSA) is 63.1 Å². The number of amides is 1. The number of aromatic nitrogens is 3. The molecule has 1 aliphatic rings. The zero-order valence-corrected chi connectivity index (χ0v) is 15.4. The molecule has 1 aromatic carbocycles. The number of imidazole rings is 1. The Morgan fingerprint density at radius 3 is 2.96 bits per heavy atom. The van der Waals surface area contributed by atoms with Crippen LogP contribution in [0.4, 0.5) is 5.13 Å². The molecule has 3 aromatic rings. The maximum absolute atomic E-state index is 12.4. The fourth-order valence-corrected chi connectivity index (χ4v) is 4.13. The van der Waals surface area contributed by atoms with Gasteiger partial charge in [0.15, 0.2) is 5.13 Å². The summed E-state index contributed by atoms with van der Waals surface area (Å²) in [4.78, 5) is 23.5. The van der Waals surface area contributed by atoms with Gasteiger partial charge in [-0.2, -0.15) is 0 Å². The van der Waals surface area contributed by atoms with Crippen LogP contribution in [0.1, 0.15) is 18.2 Å². The fourth-order valence-electron chi connectivity index (χ4n) is 3.39. The normalized spacial score (nSPS) is 17.5. The minimum absolute atomic E-state index is 0.0144. The van der Waals surface area contributed by atoms with Gasteiger partial charge >= 0.3 is 0 Å². The van der Waals surface area contributed by atoms with Gasteiger partial charge in [-0.25, -0.2) is 9.97 Å². The molecule has 1 amide bonds. The lowest BCUT2D eigenvalue weighted by molar-refractivity contribution is -0.117. The second kappa shape index (κ2) is 7.39. The molecule has 0 saturated carbocycles. The molecule has 2 aromatic heterocycles. The summed E-state index contributed by atoms with van der Waals surface area (Å²) in [5, 5.41) is 5.54. The second-order valence-corrected chi connectivity index (χ2v) is 7.43. The van der Waals surface area contributed by atoms with Gasteiger partial charge in [0, 0.05) is 42.8 Å². The maximum atomic E-state index is 12.4. The third-order valence-electron chi connectivity index (χ3n) is 4.68. The van der Waals surface area contributed by atoms with Crippen LogP contribution < -0.4 is 5.32 Å². The number of nitrogens with zero attached hydrogens (tertiary/aromatic N) is 4. The molecule has 0 bridgehead atoms. The number of carbonyl (C=O) groups excluding carboxylic acids is 1. The minimum atomic E-state index is -0.0144. The number of carbonyl (C=O) groups is 1. The third-order valence-corrected chi connectivity index (χ3v) is 5.44. The average molecular weight is 367 g/mol. The highest BCUT2D eigenvalue weighted by molar-refractivity contribution is 7.14. The lowest BCUT2D eigenvalue weighted by atomic mass is 10.1. The molecule has 26 heavy (non-hydrogen) atoms. The summed E-state index contributed by atoms with van der Waals surface area (Å²) in [6.07, 6.45) is 4.84. The SMILES string of the molecule is Cn1ccnc1C1CCN(CC(=O)Nc2nc(-c3ccccc3)cs2)C1. The van der Waals surface area contributed by atoms with Crippen molar-refractivity contribution < 1.29 is 4.79 Å². The highest BCUT2D eigenvalue weighted by Crippen LogP contribution is 2.26. The average Bonchev–Trinajstić information content (AvgIpc) is 3.37. The molecule has 1 aliphatic heterocycles. The summed E-state index contributed by atoms with van der Waals surface area (Å²) in [5.74, 6) is 1.48. The van der Waals surface area contributed by atoms with Gasteiger partial charge in [0.25, 0.3) is 0 Å². The van der Waals surface area contributed by atoms with Crippen molar-refractivity contribution in [1.82, 2.24) is 19.4 Å². The van der Waals surface area contributed by atoms with E-state index in [1.165, 1.54) is 11.3 Å². The van der Waals surface area contributed by atoms with Crippen LogP contribution in [0, 0.1) is 0 Å². The summed E-state index contributed by atoms with van der Waals surface area (Å²) in [6, 6.07) is 9.98. The largest absolute Gasteiger partial charge is 0.338 e. The minimum Gasteiger partial charge on any atom is -0.338 e. The van der Waals surface area contributed by atoms with E-state index >= 15 is 0 Å². The van der Waals surface area contributed by atoms with E-state index in [2.05, 4.69) is 24.8 Å². The smallest absolute Gasteiger partial charge is 0.240 e. The molecular weight excluding hydrogens is 346 g/mol. The van der Waals surface area contributed by atoms with E-state index < -0.39 is 0 Å². The van der Waals surface area contributed by atoms with Gasteiger partial charge in [-0.1, -0.05) is 30.3 Å². The van der Waals surface area contributed by atoms with Crippen LogP contribution in [0.5, 0.6) is 0 Å². The lowest BCUT2D eigenvalue weighted by Gasteiger charge is -2.15. The van der Waals surface area contributed by atoms with Gasteiger partial charge in [0.2, 0.25) is 5.91 Å². The predicted octanol–water partition coefficient (Wildman–Crippen LogP) is 2.97. The molecule has 0 radical (unpaired) electrons. The van der Waals surface area contributed by atoms with Crippen molar-refractivity contribution in [3.63, 3.8) is 0 Å². The van der Waals surface area contributed by atoms with Crippen molar-refractivity contribution >= 4 is 22.4 Å². The molecule has 1 saturated heterocycles. The van der Waals surface area contributed by atoms with Crippen LogP contribution in [0.3, 0.4) is 0 Å². The third kappa shape index (κ3) is 3.68. The molecule has 0 spiro atoms. The highest BCUT2D eigenvalue weighted by Gasteiger charge is 2.27. The zero-order valence-electron chi connectivity index (χ0n) is 14.6. The number of nitrogens with one attached hydrogen (secondary N) is 1.